The van der Waals surface area contributed by atoms with E-state index < -0.39 is 32.7 Å². The molecule has 1 unspecified atom stereocenters. The lowest BCUT2D eigenvalue weighted by atomic mass is 10.0. The van der Waals surface area contributed by atoms with Crippen LogP contribution in [-0.4, -0.2) is 44.4 Å². The number of hydrogen-bond acceptors (Lipinski definition) is 4. The van der Waals surface area contributed by atoms with Gasteiger partial charge in [-0.1, -0.05) is 48.9 Å². The van der Waals surface area contributed by atoms with Gasteiger partial charge in [-0.15, -0.1) is 0 Å². The van der Waals surface area contributed by atoms with Crippen LogP contribution in [0.3, 0.4) is 0 Å². The van der Waals surface area contributed by atoms with E-state index in [0.717, 1.165) is 38.4 Å². The minimum Gasteiger partial charge on any atom is -0.353 e. The average molecular weight is 434 g/mol. The van der Waals surface area contributed by atoms with Gasteiger partial charge in [-0.2, -0.15) is 4.72 Å². The zero-order valence-electron chi connectivity index (χ0n) is 17.1. The molecule has 0 spiro atoms. The van der Waals surface area contributed by atoms with Crippen molar-refractivity contribution in [2.75, 3.05) is 13.1 Å². The second kappa shape index (κ2) is 10.1. The van der Waals surface area contributed by atoms with Crippen molar-refractivity contribution in [3.05, 3.63) is 66.0 Å². The molecule has 6 nitrogen and oxygen atoms in total. The van der Waals surface area contributed by atoms with Gasteiger partial charge in [0.05, 0.1) is 6.04 Å². The SMILES string of the molecule is C[C@H](NS(=O)(=O)c1ccccc1F)C(=O)NCC1CCCCN1Cc1ccccc1. The van der Waals surface area contributed by atoms with E-state index in [0.29, 0.717) is 6.54 Å². The number of nitrogens with one attached hydrogen (secondary N) is 2. The predicted molar refractivity (Wildman–Crippen MR) is 114 cm³/mol. The third-order valence-electron chi connectivity index (χ3n) is 5.34. The Labute approximate surface area is 177 Å². The van der Waals surface area contributed by atoms with Gasteiger partial charge < -0.3 is 5.32 Å². The highest BCUT2D eigenvalue weighted by atomic mass is 32.2. The van der Waals surface area contributed by atoms with Crippen molar-refractivity contribution >= 4 is 15.9 Å². The van der Waals surface area contributed by atoms with Crippen LogP contribution < -0.4 is 10.0 Å². The molecule has 1 amide bonds. The Bertz CT molecular complexity index is 953. The summed E-state index contributed by atoms with van der Waals surface area (Å²) in [7, 11) is -4.13. The Balaban J connectivity index is 1.56. The summed E-state index contributed by atoms with van der Waals surface area (Å²) < 4.78 is 40.9. The zero-order valence-corrected chi connectivity index (χ0v) is 17.9. The molecule has 162 valence electrons. The van der Waals surface area contributed by atoms with Crippen molar-refractivity contribution in [3.8, 4) is 0 Å². The normalized spacial score (nSPS) is 18.7. The molecular weight excluding hydrogens is 405 g/mol. The van der Waals surface area contributed by atoms with Crippen LogP contribution in [0.1, 0.15) is 31.7 Å². The number of halogens is 1. The third kappa shape index (κ3) is 5.87. The Morgan fingerprint density at radius 2 is 1.83 bits per heavy atom. The summed E-state index contributed by atoms with van der Waals surface area (Å²) in [5.74, 6) is -1.28. The number of hydrogen-bond donors (Lipinski definition) is 2. The van der Waals surface area contributed by atoms with Gasteiger partial charge >= 0.3 is 0 Å². The molecule has 30 heavy (non-hydrogen) atoms. The van der Waals surface area contributed by atoms with E-state index in [1.165, 1.54) is 30.7 Å². The first-order valence-electron chi connectivity index (χ1n) is 10.2. The average Bonchev–Trinajstić information content (AvgIpc) is 2.73. The number of likely N-dealkylation sites (tertiary alicyclic amines) is 1. The Hall–Kier alpha value is -2.29. The van der Waals surface area contributed by atoms with Gasteiger partial charge in [0, 0.05) is 19.1 Å². The molecule has 1 saturated heterocycles. The van der Waals surface area contributed by atoms with E-state index in [1.807, 2.05) is 18.2 Å². The molecule has 1 aliphatic rings. The van der Waals surface area contributed by atoms with E-state index in [9.17, 15) is 17.6 Å². The molecule has 2 aromatic rings. The quantitative estimate of drug-likeness (QED) is 0.671. The number of benzene rings is 2. The van der Waals surface area contributed by atoms with Crippen LogP contribution in [0.5, 0.6) is 0 Å². The van der Waals surface area contributed by atoms with Gasteiger partial charge in [0.2, 0.25) is 15.9 Å². The summed E-state index contributed by atoms with van der Waals surface area (Å²) in [5, 5.41) is 2.86. The maximum absolute atomic E-state index is 13.8. The molecule has 0 aromatic heterocycles. The highest BCUT2D eigenvalue weighted by Crippen LogP contribution is 2.19. The van der Waals surface area contributed by atoms with Crippen molar-refractivity contribution in [2.24, 2.45) is 0 Å². The lowest BCUT2D eigenvalue weighted by Gasteiger charge is -2.36. The van der Waals surface area contributed by atoms with E-state index in [1.54, 1.807) is 0 Å². The molecule has 0 saturated carbocycles. The summed E-state index contributed by atoms with van der Waals surface area (Å²) in [6, 6.07) is 14.5. The van der Waals surface area contributed by atoms with Gasteiger partial charge in [-0.05, 0) is 44.0 Å². The summed E-state index contributed by atoms with van der Waals surface area (Å²) in [6.45, 7) is 3.68. The van der Waals surface area contributed by atoms with Gasteiger partial charge in [0.15, 0.2) is 0 Å². The summed E-state index contributed by atoms with van der Waals surface area (Å²) >= 11 is 0. The van der Waals surface area contributed by atoms with Crippen molar-refractivity contribution in [1.29, 1.82) is 0 Å². The van der Waals surface area contributed by atoms with E-state index in [2.05, 4.69) is 27.1 Å². The highest BCUT2D eigenvalue weighted by Gasteiger charge is 2.27. The molecule has 0 radical (unpaired) electrons. The van der Waals surface area contributed by atoms with Gasteiger partial charge in [0.25, 0.3) is 0 Å². The number of amides is 1. The summed E-state index contributed by atoms with van der Waals surface area (Å²) in [6.07, 6.45) is 3.19. The molecule has 2 N–H and O–H groups in total. The molecule has 1 aliphatic heterocycles. The van der Waals surface area contributed by atoms with Crippen LogP contribution >= 0.6 is 0 Å². The molecule has 2 atom stereocenters. The fraction of sp³-hybridized carbons (Fsp3) is 0.409. The Kier molecular flexibility index (Phi) is 7.58. The maximum atomic E-state index is 13.8. The molecule has 0 bridgehead atoms. The first-order chi connectivity index (χ1) is 14.4. The first kappa shape index (κ1) is 22.4. The molecule has 8 heteroatoms. The first-order valence-corrected chi connectivity index (χ1v) is 11.7. The molecule has 1 heterocycles. The predicted octanol–water partition coefficient (Wildman–Crippen LogP) is 2.66. The van der Waals surface area contributed by atoms with Crippen LogP contribution in [0.4, 0.5) is 4.39 Å². The number of sulfonamides is 1. The van der Waals surface area contributed by atoms with Crippen LogP contribution in [0.15, 0.2) is 59.5 Å². The molecular formula is C22H28FN3O3S. The topological polar surface area (TPSA) is 78.5 Å². The highest BCUT2D eigenvalue weighted by molar-refractivity contribution is 7.89. The fourth-order valence-electron chi connectivity index (χ4n) is 3.70. The lowest BCUT2D eigenvalue weighted by molar-refractivity contribution is -0.122. The molecule has 1 fully saturated rings. The standard InChI is InChI=1S/C22H28FN3O3S/c1-17(25-30(28,29)21-13-6-5-12-20(21)23)22(27)24-15-19-11-7-8-14-26(19)16-18-9-3-2-4-10-18/h2-6,9-10,12-13,17,19,25H,7-8,11,14-16H2,1H3,(H,24,27)/t17-,19?/m0/s1. The maximum Gasteiger partial charge on any atom is 0.244 e. The number of rotatable bonds is 8. The van der Waals surface area contributed by atoms with E-state index in [-0.39, 0.29) is 6.04 Å². The second-order valence-corrected chi connectivity index (χ2v) is 9.31. The number of carbonyl (C=O) groups is 1. The zero-order chi connectivity index (χ0) is 21.6. The van der Waals surface area contributed by atoms with Gasteiger partial charge in [-0.25, -0.2) is 12.8 Å². The molecule has 3 rings (SSSR count). The largest absolute Gasteiger partial charge is 0.353 e. The molecule has 2 aromatic carbocycles. The minimum atomic E-state index is -4.13. The number of carbonyl (C=O) groups excluding carboxylic acids is 1. The number of piperidine rings is 1. The van der Waals surface area contributed by atoms with Crippen molar-refractivity contribution in [3.63, 3.8) is 0 Å². The number of nitrogens with zero attached hydrogens (tertiary/aromatic N) is 1. The van der Waals surface area contributed by atoms with Gasteiger partial charge in [-0.3, -0.25) is 9.69 Å². The van der Waals surface area contributed by atoms with Crippen molar-refractivity contribution < 1.29 is 17.6 Å². The van der Waals surface area contributed by atoms with Crippen LogP contribution in [-0.2, 0) is 21.4 Å². The smallest absolute Gasteiger partial charge is 0.244 e. The van der Waals surface area contributed by atoms with Crippen LogP contribution in [0.25, 0.3) is 0 Å². The third-order valence-corrected chi connectivity index (χ3v) is 6.91. The monoisotopic (exact) mass is 433 g/mol. The van der Waals surface area contributed by atoms with E-state index >= 15 is 0 Å². The fourth-order valence-corrected chi connectivity index (χ4v) is 4.98. The second-order valence-electron chi connectivity index (χ2n) is 7.62. The minimum absolute atomic E-state index is 0.193. The van der Waals surface area contributed by atoms with Crippen LogP contribution in [0.2, 0.25) is 0 Å². The Morgan fingerprint density at radius 1 is 1.13 bits per heavy atom. The summed E-state index contributed by atoms with van der Waals surface area (Å²) in [4.78, 5) is 14.4. The van der Waals surface area contributed by atoms with Crippen molar-refractivity contribution in [1.82, 2.24) is 14.9 Å². The Morgan fingerprint density at radius 3 is 2.57 bits per heavy atom. The van der Waals surface area contributed by atoms with Crippen molar-refractivity contribution in [2.45, 2.75) is 49.7 Å². The van der Waals surface area contributed by atoms with Gasteiger partial charge in [0.1, 0.15) is 10.7 Å². The summed E-state index contributed by atoms with van der Waals surface area (Å²) in [5.41, 5.74) is 1.22. The van der Waals surface area contributed by atoms with Crippen LogP contribution in [0, 0.1) is 5.82 Å². The molecule has 0 aliphatic carbocycles. The van der Waals surface area contributed by atoms with E-state index in [4.69, 9.17) is 0 Å². The lowest BCUT2D eigenvalue weighted by Crippen LogP contribution is -2.50.